The lowest BCUT2D eigenvalue weighted by atomic mass is 9.96. The molecule has 1 fully saturated rings. The second-order valence-corrected chi connectivity index (χ2v) is 6.47. The molecule has 2 atom stereocenters. The van der Waals surface area contributed by atoms with Crippen molar-refractivity contribution in [3.8, 4) is 11.5 Å². The lowest BCUT2D eigenvalue weighted by Crippen LogP contribution is -2.36. The molecule has 1 aliphatic rings. The Bertz CT molecular complexity index is 681. The minimum Gasteiger partial charge on any atom is -0.486 e. The first-order valence-electron chi connectivity index (χ1n) is 8.94. The Morgan fingerprint density at radius 3 is 2.64 bits per heavy atom. The SMILES string of the molecule is CC(=O)Oc1cccc(OC(CC2CCCCN2)c2ccccc2)c1. The van der Waals surface area contributed by atoms with Gasteiger partial charge in [0.1, 0.15) is 17.6 Å². The summed E-state index contributed by atoms with van der Waals surface area (Å²) in [7, 11) is 0. The predicted octanol–water partition coefficient (Wildman–Crippen LogP) is 4.26. The molecule has 2 aromatic rings. The second-order valence-electron chi connectivity index (χ2n) is 6.47. The van der Waals surface area contributed by atoms with Crippen molar-refractivity contribution < 1.29 is 14.3 Å². The molecular formula is C21H25NO3. The van der Waals surface area contributed by atoms with Gasteiger partial charge in [-0.25, -0.2) is 0 Å². The van der Waals surface area contributed by atoms with Crippen molar-refractivity contribution in [3.63, 3.8) is 0 Å². The second kappa shape index (κ2) is 8.67. The molecule has 0 spiro atoms. The zero-order chi connectivity index (χ0) is 17.5. The van der Waals surface area contributed by atoms with Gasteiger partial charge in [-0.1, -0.05) is 42.8 Å². The molecule has 4 heteroatoms. The van der Waals surface area contributed by atoms with Crippen molar-refractivity contribution >= 4 is 5.97 Å². The first-order valence-corrected chi connectivity index (χ1v) is 8.94. The maximum atomic E-state index is 11.2. The maximum Gasteiger partial charge on any atom is 0.308 e. The summed E-state index contributed by atoms with van der Waals surface area (Å²) in [5.41, 5.74) is 1.16. The first-order chi connectivity index (χ1) is 12.2. The van der Waals surface area contributed by atoms with Crippen LogP contribution < -0.4 is 14.8 Å². The normalized spacial score (nSPS) is 18.4. The minimum absolute atomic E-state index is 0.0376. The van der Waals surface area contributed by atoms with Gasteiger partial charge in [0.05, 0.1) is 0 Å². The molecule has 1 heterocycles. The summed E-state index contributed by atoms with van der Waals surface area (Å²) in [4.78, 5) is 11.2. The van der Waals surface area contributed by atoms with E-state index in [2.05, 4.69) is 17.4 Å². The van der Waals surface area contributed by atoms with Gasteiger partial charge in [0, 0.05) is 25.5 Å². The van der Waals surface area contributed by atoms with E-state index < -0.39 is 0 Å². The Balaban J connectivity index is 1.76. The molecule has 0 bridgehead atoms. The van der Waals surface area contributed by atoms with Crippen LogP contribution in [0.3, 0.4) is 0 Å². The van der Waals surface area contributed by atoms with E-state index in [0.717, 1.165) is 18.5 Å². The summed E-state index contributed by atoms with van der Waals surface area (Å²) < 4.78 is 11.5. The van der Waals surface area contributed by atoms with E-state index in [4.69, 9.17) is 9.47 Å². The first kappa shape index (κ1) is 17.5. The Hall–Kier alpha value is -2.33. The largest absolute Gasteiger partial charge is 0.486 e. The van der Waals surface area contributed by atoms with Crippen LogP contribution in [0.1, 0.15) is 44.3 Å². The Morgan fingerprint density at radius 2 is 1.92 bits per heavy atom. The molecule has 2 unspecified atom stereocenters. The van der Waals surface area contributed by atoms with Crippen molar-refractivity contribution in [2.75, 3.05) is 6.54 Å². The molecule has 3 rings (SSSR count). The van der Waals surface area contributed by atoms with Gasteiger partial charge in [-0.2, -0.15) is 0 Å². The van der Waals surface area contributed by atoms with Crippen molar-refractivity contribution in [3.05, 3.63) is 60.2 Å². The third-order valence-corrected chi connectivity index (χ3v) is 4.43. The minimum atomic E-state index is -0.330. The van der Waals surface area contributed by atoms with Gasteiger partial charge in [0.15, 0.2) is 0 Å². The number of benzene rings is 2. The number of piperidine rings is 1. The zero-order valence-electron chi connectivity index (χ0n) is 14.6. The van der Waals surface area contributed by atoms with Gasteiger partial charge >= 0.3 is 5.97 Å². The molecule has 1 N–H and O–H groups in total. The number of hydrogen-bond acceptors (Lipinski definition) is 4. The van der Waals surface area contributed by atoms with Gasteiger partial charge in [-0.05, 0) is 37.1 Å². The van der Waals surface area contributed by atoms with Gasteiger partial charge < -0.3 is 14.8 Å². The topological polar surface area (TPSA) is 47.6 Å². The molecule has 2 aromatic carbocycles. The van der Waals surface area contributed by atoms with Crippen LogP contribution >= 0.6 is 0 Å². The van der Waals surface area contributed by atoms with E-state index in [-0.39, 0.29) is 12.1 Å². The Morgan fingerprint density at radius 1 is 1.12 bits per heavy atom. The van der Waals surface area contributed by atoms with Crippen LogP contribution in [0.4, 0.5) is 0 Å². The maximum absolute atomic E-state index is 11.2. The predicted molar refractivity (Wildman–Crippen MR) is 97.8 cm³/mol. The number of rotatable bonds is 6. The number of carbonyl (C=O) groups excluding carboxylic acids is 1. The average molecular weight is 339 g/mol. The van der Waals surface area contributed by atoms with Crippen LogP contribution in [-0.4, -0.2) is 18.6 Å². The fourth-order valence-electron chi connectivity index (χ4n) is 3.24. The number of nitrogens with one attached hydrogen (secondary N) is 1. The van der Waals surface area contributed by atoms with Gasteiger partial charge in [-0.3, -0.25) is 4.79 Å². The molecule has 0 aliphatic carbocycles. The van der Waals surface area contributed by atoms with E-state index in [1.165, 1.54) is 26.2 Å². The quantitative estimate of drug-likeness (QED) is 0.631. The van der Waals surface area contributed by atoms with Crippen LogP contribution in [-0.2, 0) is 4.79 Å². The van der Waals surface area contributed by atoms with Gasteiger partial charge in [0.25, 0.3) is 0 Å². The summed E-state index contributed by atoms with van der Waals surface area (Å²) in [6, 6.07) is 18.0. The molecule has 0 radical (unpaired) electrons. The van der Waals surface area contributed by atoms with Gasteiger partial charge in [0.2, 0.25) is 0 Å². The lowest BCUT2D eigenvalue weighted by molar-refractivity contribution is -0.131. The summed E-state index contributed by atoms with van der Waals surface area (Å²) in [5, 5.41) is 3.59. The van der Waals surface area contributed by atoms with Crippen LogP contribution in [0.25, 0.3) is 0 Å². The number of ether oxygens (including phenoxy) is 2. The van der Waals surface area contributed by atoms with E-state index >= 15 is 0 Å². The molecule has 1 saturated heterocycles. The highest BCUT2D eigenvalue weighted by Crippen LogP contribution is 2.30. The fourth-order valence-corrected chi connectivity index (χ4v) is 3.24. The summed E-state index contributed by atoms with van der Waals surface area (Å²) in [6.45, 7) is 2.48. The van der Waals surface area contributed by atoms with Crippen LogP contribution in [0.5, 0.6) is 11.5 Å². The van der Waals surface area contributed by atoms with Crippen molar-refractivity contribution in [2.45, 2.75) is 44.8 Å². The van der Waals surface area contributed by atoms with E-state index in [0.29, 0.717) is 17.5 Å². The zero-order valence-corrected chi connectivity index (χ0v) is 14.6. The van der Waals surface area contributed by atoms with Gasteiger partial charge in [-0.15, -0.1) is 0 Å². The van der Waals surface area contributed by atoms with Crippen LogP contribution in [0, 0.1) is 0 Å². The lowest BCUT2D eigenvalue weighted by Gasteiger charge is -2.28. The molecule has 25 heavy (non-hydrogen) atoms. The highest BCUT2D eigenvalue weighted by atomic mass is 16.5. The third-order valence-electron chi connectivity index (χ3n) is 4.43. The number of esters is 1. The summed E-state index contributed by atoms with van der Waals surface area (Å²) in [5.74, 6) is 0.888. The van der Waals surface area contributed by atoms with Crippen molar-refractivity contribution in [1.82, 2.24) is 5.32 Å². The smallest absolute Gasteiger partial charge is 0.308 e. The standard InChI is InChI=1S/C21H25NO3/c1-16(23)24-19-11-7-12-20(15-19)25-21(17-8-3-2-4-9-17)14-18-10-5-6-13-22-18/h2-4,7-9,11-12,15,18,21-22H,5-6,10,13-14H2,1H3. The Labute approximate surface area is 149 Å². The summed E-state index contributed by atoms with van der Waals surface area (Å²) in [6.07, 6.45) is 4.57. The van der Waals surface area contributed by atoms with Crippen molar-refractivity contribution in [2.24, 2.45) is 0 Å². The number of hydrogen-bond donors (Lipinski definition) is 1. The van der Waals surface area contributed by atoms with E-state index in [1.807, 2.05) is 30.3 Å². The molecule has 1 aliphatic heterocycles. The molecule has 0 saturated carbocycles. The molecule has 132 valence electrons. The molecule has 4 nitrogen and oxygen atoms in total. The van der Waals surface area contributed by atoms with E-state index in [1.54, 1.807) is 12.1 Å². The Kier molecular flexibility index (Phi) is 6.07. The average Bonchev–Trinajstić information content (AvgIpc) is 2.63. The van der Waals surface area contributed by atoms with Crippen molar-refractivity contribution in [1.29, 1.82) is 0 Å². The van der Waals surface area contributed by atoms with E-state index in [9.17, 15) is 4.79 Å². The van der Waals surface area contributed by atoms with Crippen LogP contribution in [0.15, 0.2) is 54.6 Å². The fraction of sp³-hybridized carbons (Fsp3) is 0.381. The molecule has 0 amide bonds. The monoisotopic (exact) mass is 339 g/mol. The highest BCUT2D eigenvalue weighted by Gasteiger charge is 2.21. The summed E-state index contributed by atoms with van der Waals surface area (Å²) >= 11 is 0. The highest BCUT2D eigenvalue weighted by molar-refractivity contribution is 5.69. The van der Waals surface area contributed by atoms with Crippen LogP contribution in [0.2, 0.25) is 0 Å². The number of carbonyl (C=O) groups is 1. The molecular weight excluding hydrogens is 314 g/mol. The molecule has 0 aromatic heterocycles. The third kappa shape index (κ3) is 5.33.